The number of carbonyl (C=O) groups is 1. The molecule has 0 amide bonds. The van der Waals surface area contributed by atoms with E-state index in [0.717, 1.165) is 26.2 Å². The highest BCUT2D eigenvalue weighted by Crippen LogP contribution is 2.40. The smallest absolute Gasteiger partial charge is 0.335 e. The number of carboxylic acids is 1. The van der Waals surface area contributed by atoms with Gasteiger partial charge in [-0.15, -0.1) is 11.8 Å². The summed E-state index contributed by atoms with van der Waals surface area (Å²) < 4.78 is 7.87. The fourth-order valence-corrected chi connectivity index (χ4v) is 10.6. The lowest BCUT2D eigenvalue weighted by molar-refractivity contribution is 0.0696. The normalized spacial score (nSPS) is 11.8. The molecule has 0 aliphatic heterocycles. The molecule has 6 heteroatoms. The van der Waals surface area contributed by atoms with Gasteiger partial charge in [0.15, 0.2) is 0 Å². The molecule has 4 aromatic carbocycles. The Kier molecular flexibility index (Phi) is 7.78. The maximum atomic E-state index is 11.5. The number of benzene rings is 4. The van der Waals surface area contributed by atoms with Crippen LogP contribution in [0, 0.1) is 0 Å². The lowest BCUT2D eigenvalue weighted by Gasteiger charge is -2.43. The van der Waals surface area contributed by atoms with E-state index in [1.54, 1.807) is 12.1 Å². The van der Waals surface area contributed by atoms with Crippen LogP contribution in [0.4, 0.5) is 0 Å². The molecule has 36 heavy (non-hydrogen) atoms. The van der Waals surface area contributed by atoms with Gasteiger partial charge in [-0.05, 0) is 51.5 Å². The Morgan fingerprint density at radius 2 is 1.39 bits per heavy atom. The van der Waals surface area contributed by atoms with E-state index < -0.39 is 14.3 Å². The van der Waals surface area contributed by atoms with E-state index in [2.05, 4.69) is 85.2 Å². The van der Waals surface area contributed by atoms with Crippen molar-refractivity contribution in [1.82, 2.24) is 0 Å². The molecule has 0 spiro atoms. The van der Waals surface area contributed by atoms with Crippen LogP contribution < -0.4 is 14.8 Å². The zero-order chi connectivity index (χ0) is 25.9. The minimum atomic E-state index is -2.71. The third-order valence-electron chi connectivity index (χ3n) is 6.35. The number of hydrogen-bond donors (Lipinski definition) is 1. The van der Waals surface area contributed by atoms with Crippen LogP contribution in [-0.4, -0.2) is 25.6 Å². The molecule has 0 fully saturated rings. The molecule has 0 radical (unpaired) electrons. The van der Waals surface area contributed by atoms with E-state index in [9.17, 15) is 9.90 Å². The number of rotatable bonds is 7. The Balaban J connectivity index is 1.80. The van der Waals surface area contributed by atoms with Gasteiger partial charge in [0.25, 0.3) is 0 Å². The summed E-state index contributed by atoms with van der Waals surface area (Å²) in [6.45, 7) is 6.79. The standard InChI is InChI=1S/C30H29BrO3SSi/c1-30(2,3)36(24-11-7-5-8-12-24,25-13-9-6-10-14-25)34-23-17-15-21(16-18-23)28-26(31)19-22(29(32)33)20-27(28)35-4/h5-20H,1-4H3,(H,32,33). The van der Waals surface area contributed by atoms with Gasteiger partial charge in [0.05, 0.1) is 5.56 Å². The van der Waals surface area contributed by atoms with Gasteiger partial charge < -0.3 is 9.53 Å². The maximum Gasteiger partial charge on any atom is 0.335 e. The first kappa shape index (κ1) is 26.3. The number of hydrogen-bond acceptors (Lipinski definition) is 3. The molecule has 0 aromatic heterocycles. The molecule has 0 heterocycles. The van der Waals surface area contributed by atoms with Crippen molar-refractivity contribution >= 4 is 52.4 Å². The summed E-state index contributed by atoms with van der Waals surface area (Å²) in [5, 5.41) is 11.8. The summed E-state index contributed by atoms with van der Waals surface area (Å²) in [6, 6.07) is 32.7. The first-order chi connectivity index (χ1) is 17.2. The summed E-state index contributed by atoms with van der Waals surface area (Å²) in [4.78, 5) is 12.4. The van der Waals surface area contributed by atoms with Crippen molar-refractivity contribution in [2.45, 2.75) is 30.7 Å². The first-order valence-electron chi connectivity index (χ1n) is 11.7. The zero-order valence-electron chi connectivity index (χ0n) is 20.8. The van der Waals surface area contributed by atoms with Gasteiger partial charge in [-0.1, -0.05) is 109 Å². The molecule has 184 valence electrons. The third-order valence-corrected chi connectivity index (χ3v) is 12.7. The fourth-order valence-electron chi connectivity index (χ4n) is 4.66. The van der Waals surface area contributed by atoms with Crippen LogP contribution >= 0.6 is 27.7 Å². The molecule has 0 saturated carbocycles. The van der Waals surface area contributed by atoms with Crippen LogP contribution in [0.15, 0.2) is 106 Å². The lowest BCUT2D eigenvalue weighted by Crippen LogP contribution is -2.68. The molecular weight excluding hydrogens is 548 g/mol. The largest absolute Gasteiger partial charge is 0.534 e. The fraction of sp³-hybridized carbons (Fsp3) is 0.167. The van der Waals surface area contributed by atoms with Gasteiger partial charge in [-0.3, -0.25) is 0 Å². The van der Waals surface area contributed by atoms with Crippen LogP contribution in [-0.2, 0) is 0 Å². The first-order valence-corrected chi connectivity index (χ1v) is 15.6. The molecule has 0 aliphatic rings. The highest BCUT2D eigenvalue weighted by molar-refractivity contribution is 9.10. The van der Waals surface area contributed by atoms with Crippen molar-refractivity contribution in [2.75, 3.05) is 6.26 Å². The molecule has 0 saturated heterocycles. The van der Waals surface area contributed by atoms with Crippen LogP contribution in [0.1, 0.15) is 31.1 Å². The predicted molar refractivity (Wildman–Crippen MR) is 157 cm³/mol. The van der Waals surface area contributed by atoms with Gasteiger partial charge in [0, 0.05) is 14.9 Å². The van der Waals surface area contributed by atoms with E-state index in [-0.39, 0.29) is 10.6 Å². The van der Waals surface area contributed by atoms with Gasteiger partial charge >= 0.3 is 14.3 Å². The minimum absolute atomic E-state index is 0.129. The van der Waals surface area contributed by atoms with Gasteiger partial charge in [-0.2, -0.15) is 0 Å². The van der Waals surface area contributed by atoms with E-state index in [1.807, 2.05) is 42.7 Å². The average molecular weight is 578 g/mol. The Morgan fingerprint density at radius 3 is 1.83 bits per heavy atom. The van der Waals surface area contributed by atoms with Gasteiger partial charge in [-0.25, -0.2) is 4.79 Å². The number of thioether (sulfide) groups is 1. The highest BCUT2D eigenvalue weighted by atomic mass is 79.9. The van der Waals surface area contributed by atoms with E-state index >= 15 is 0 Å². The number of carboxylic acid groups (broad SMARTS) is 1. The molecule has 0 aliphatic carbocycles. The molecule has 0 bridgehead atoms. The molecule has 0 atom stereocenters. The van der Waals surface area contributed by atoms with Crippen molar-refractivity contribution in [3.63, 3.8) is 0 Å². The van der Waals surface area contributed by atoms with Crippen LogP contribution in [0.2, 0.25) is 5.04 Å². The second kappa shape index (κ2) is 10.7. The Labute approximate surface area is 226 Å². The van der Waals surface area contributed by atoms with E-state index in [1.165, 1.54) is 22.1 Å². The lowest BCUT2D eigenvalue weighted by atomic mass is 10.0. The average Bonchev–Trinajstić information content (AvgIpc) is 2.87. The maximum absolute atomic E-state index is 11.5. The number of halogens is 1. The van der Waals surface area contributed by atoms with Crippen molar-refractivity contribution in [3.8, 4) is 16.9 Å². The van der Waals surface area contributed by atoms with E-state index in [4.69, 9.17) is 4.43 Å². The molecule has 1 N–H and O–H groups in total. The highest BCUT2D eigenvalue weighted by Gasteiger charge is 2.52. The molecule has 4 aromatic rings. The number of aromatic carboxylic acids is 1. The summed E-state index contributed by atoms with van der Waals surface area (Å²) in [5.41, 5.74) is 2.24. The van der Waals surface area contributed by atoms with Gasteiger partial charge in [0.1, 0.15) is 5.75 Å². The van der Waals surface area contributed by atoms with Crippen LogP contribution in [0.25, 0.3) is 11.1 Å². The second-order valence-electron chi connectivity index (χ2n) is 9.63. The Hall–Kier alpha value is -2.80. The Bertz CT molecular complexity index is 1310. The molecule has 4 rings (SSSR count). The van der Waals surface area contributed by atoms with E-state index in [0.29, 0.717) is 0 Å². The van der Waals surface area contributed by atoms with Crippen molar-refractivity contribution in [2.24, 2.45) is 0 Å². The topological polar surface area (TPSA) is 46.5 Å². The zero-order valence-corrected chi connectivity index (χ0v) is 24.2. The van der Waals surface area contributed by atoms with Gasteiger partial charge in [0.2, 0.25) is 0 Å². The predicted octanol–water partition coefficient (Wildman–Crippen LogP) is 7.48. The summed E-state index contributed by atoms with van der Waals surface area (Å²) in [5.74, 6) is -0.122. The Morgan fingerprint density at radius 1 is 0.861 bits per heavy atom. The second-order valence-corrected chi connectivity index (χ2v) is 15.6. The summed E-state index contributed by atoms with van der Waals surface area (Å²) in [6.07, 6.45) is 1.96. The van der Waals surface area contributed by atoms with Crippen molar-refractivity contribution < 1.29 is 14.3 Å². The quantitative estimate of drug-likeness (QED) is 0.183. The van der Waals surface area contributed by atoms with Crippen molar-refractivity contribution in [3.05, 3.63) is 107 Å². The molecular formula is C30H29BrO3SSi. The third kappa shape index (κ3) is 5.03. The van der Waals surface area contributed by atoms with Crippen LogP contribution in [0.5, 0.6) is 5.75 Å². The monoisotopic (exact) mass is 576 g/mol. The summed E-state index contributed by atoms with van der Waals surface area (Å²) in [7, 11) is -2.71. The molecule has 3 nitrogen and oxygen atoms in total. The van der Waals surface area contributed by atoms with Crippen molar-refractivity contribution in [1.29, 1.82) is 0 Å². The summed E-state index contributed by atoms with van der Waals surface area (Å²) >= 11 is 5.13. The van der Waals surface area contributed by atoms with Crippen LogP contribution in [0.3, 0.4) is 0 Å². The minimum Gasteiger partial charge on any atom is -0.534 e. The SMILES string of the molecule is CSc1cc(C(=O)O)cc(Br)c1-c1ccc(O[Si](c2ccccc2)(c2ccccc2)C(C)(C)C)cc1. The molecule has 0 unspecified atom stereocenters.